The van der Waals surface area contributed by atoms with E-state index in [9.17, 15) is 26.4 Å². The van der Waals surface area contributed by atoms with Crippen LogP contribution in [0.25, 0.3) is 11.1 Å². The van der Waals surface area contributed by atoms with Gasteiger partial charge in [0.1, 0.15) is 29.8 Å². The highest BCUT2D eigenvalue weighted by Crippen LogP contribution is 2.28. The van der Waals surface area contributed by atoms with Crippen molar-refractivity contribution in [2.24, 2.45) is 0 Å². The van der Waals surface area contributed by atoms with Crippen LogP contribution in [-0.4, -0.2) is 36.1 Å². The number of hydrogen-bond acceptors (Lipinski definition) is 5. The molecule has 1 unspecified atom stereocenters. The summed E-state index contributed by atoms with van der Waals surface area (Å²) >= 11 is 0. The zero-order valence-corrected chi connectivity index (χ0v) is 22.7. The van der Waals surface area contributed by atoms with Crippen LogP contribution in [0.15, 0.2) is 60.7 Å². The molecule has 6 nitrogen and oxygen atoms in total. The molecule has 0 aromatic heterocycles. The summed E-state index contributed by atoms with van der Waals surface area (Å²) in [6, 6.07) is 13.9. The molecule has 1 aliphatic heterocycles. The molecule has 0 bridgehead atoms. The van der Waals surface area contributed by atoms with Gasteiger partial charge < -0.3 is 9.47 Å². The van der Waals surface area contributed by atoms with E-state index in [2.05, 4.69) is 0 Å². The zero-order valence-electron chi connectivity index (χ0n) is 21.9. The molecule has 39 heavy (non-hydrogen) atoms. The molecular formula is C29H30F3NO5S. The second kappa shape index (κ2) is 11.4. The number of ether oxygens (including phenoxy) is 2. The molecule has 1 fully saturated rings. The Bertz CT molecular complexity index is 1450. The molecule has 0 aliphatic carbocycles. The van der Waals surface area contributed by atoms with Crippen LogP contribution < -0.4 is 4.74 Å². The number of carbonyl (C=O) groups is 1. The molecule has 1 atom stereocenters. The molecule has 1 aliphatic rings. The third-order valence-electron chi connectivity index (χ3n) is 6.17. The summed E-state index contributed by atoms with van der Waals surface area (Å²) in [4.78, 5) is 12.8. The van der Waals surface area contributed by atoms with E-state index in [1.807, 2.05) is 6.07 Å². The van der Waals surface area contributed by atoms with Crippen molar-refractivity contribution in [1.82, 2.24) is 4.31 Å². The Kier molecular flexibility index (Phi) is 8.37. The van der Waals surface area contributed by atoms with Crippen molar-refractivity contribution in [3.05, 3.63) is 89.2 Å². The Labute approximate surface area is 226 Å². The third-order valence-corrected chi connectivity index (χ3v) is 8.08. The number of halogens is 3. The van der Waals surface area contributed by atoms with Crippen LogP contribution in [0.1, 0.15) is 44.7 Å². The maximum atomic E-state index is 14.1. The summed E-state index contributed by atoms with van der Waals surface area (Å²) in [6.07, 6.45) is 0.777. The maximum absolute atomic E-state index is 14.1. The summed E-state index contributed by atoms with van der Waals surface area (Å²) in [6.45, 7) is 5.41. The molecule has 4 rings (SSSR count). The van der Waals surface area contributed by atoms with Crippen LogP contribution in [0.2, 0.25) is 0 Å². The van der Waals surface area contributed by atoms with Crippen molar-refractivity contribution < 1.29 is 35.9 Å². The lowest BCUT2D eigenvalue weighted by Crippen LogP contribution is -2.50. The normalized spacial score (nSPS) is 17.5. The molecule has 1 saturated heterocycles. The predicted octanol–water partition coefficient (Wildman–Crippen LogP) is 5.99. The first-order chi connectivity index (χ1) is 18.3. The van der Waals surface area contributed by atoms with Crippen LogP contribution >= 0.6 is 0 Å². The molecule has 10 heteroatoms. The van der Waals surface area contributed by atoms with Gasteiger partial charge in [-0.2, -0.15) is 4.31 Å². The summed E-state index contributed by atoms with van der Waals surface area (Å²) in [7, 11) is -3.64. The Morgan fingerprint density at radius 1 is 0.949 bits per heavy atom. The lowest BCUT2D eigenvalue weighted by Gasteiger charge is -2.35. The smallest absolute Gasteiger partial charge is 0.324 e. The van der Waals surface area contributed by atoms with E-state index in [0.717, 1.165) is 11.6 Å². The summed E-state index contributed by atoms with van der Waals surface area (Å²) < 4.78 is 79.1. The number of benzene rings is 3. The third kappa shape index (κ3) is 7.19. The highest BCUT2D eigenvalue weighted by molar-refractivity contribution is 7.89. The van der Waals surface area contributed by atoms with E-state index in [1.165, 1.54) is 4.31 Å². The van der Waals surface area contributed by atoms with Crippen LogP contribution in [0.5, 0.6) is 5.75 Å². The standard InChI is InChI=1S/C29H30F3NO5S/c1-29(2,3)38-28(34)27-8-5-13-39(35,36)33(27)17-19-6-4-7-20(14-19)18-37-22-11-9-21(10-12-22)23-15-25(31)26(32)16-24(23)30/h4,6-7,9-12,14-16,27H,5,8,13,17-18H2,1-3H3. The Morgan fingerprint density at radius 3 is 2.31 bits per heavy atom. The number of hydrogen-bond donors (Lipinski definition) is 0. The van der Waals surface area contributed by atoms with Crippen LogP contribution in [0.4, 0.5) is 13.2 Å². The van der Waals surface area contributed by atoms with E-state index >= 15 is 0 Å². The Balaban J connectivity index is 1.44. The van der Waals surface area contributed by atoms with Gasteiger partial charge in [0.2, 0.25) is 10.0 Å². The van der Waals surface area contributed by atoms with E-state index in [1.54, 1.807) is 63.2 Å². The lowest BCUT2D eigenvalue weighted by atomic mass is 10.0. The first kappa shape index (κ1) is 28.6. The highest BCUT2D eigenvalue weighted by Gasteiger charge is 2.40. The van der Waals surface area contributed by atoms with Gasteiger partial charge in [-0.25, -0.2) is 21.6 Å². The average Bonchev–Trinajstić information content (AvgIpc) is 2.85. The molecule has 3 aromatic carbocycles. The van der Waals surface area contributed by atoms with Crippen molar-refractivity contribution in [3.8, 4) is 16.9 Å². The van der Waals surface area contributed by atoms with Gasteiger partial charge in [-0.3, -0.25) is 4.79 Å². The van der Waals surface area contributed by atoms with Gasteiger partial charge in [-0.1, -0.05) is 36.4 Å². The molecular weight excluding hydrogens is 531 g/mol. The maximum Gasteiger partial charge on any atom is 0.324 e. The van der Waals surface area contributed by atoms with Gasteiger partial charge in [-0.05, 0) is 68.5 Å². The largest absolute Gasteiger partial charge is 0.489 e. The van der Waals surface area contributed by atoms with Crippen LogP contribution in [-0.2, 0) is 32.7 Å². The van der Waals surface area contributed by atoms with Gasteiger partial charge in [0.05, 0.1) is 5.75 Å². The monoisotopic (exact) mass is 561 g/mol. The van der Waals surface area contributed by atoms with Gasteiger partial charge in [-0.15, -0.1) is 0 Å². The van der Waals surface area contributed by atoms with Gasteiger partial charge in [0.15, 0.2) is 11.6 Å². The fourth-order valence-corrected chi connectivity index (χ4v) is 6.06. The highest BCUT2D eigenvalue weighted by atomic mass is 32.2. The van der Waals surface area contributed by atoms with E-state index in [-0.39, 0.29) is 24.5 Å². The van der Waals surface area contributed by atoms with Gasteiger partial charge in [0.25, 0.3) is 0 Å². The molecule has 0 N–H and O–H groups in total. The summed E-state index contributed by atoms with van der Waals surface area (Å²) in [5.74, 6) is -3.38. The quantitative estimate of drug-likeness (QED) is 0.262. The van der Waals surface area contributed by atoms with Crippen LogP contribution in [0.3, 0.4) is 0 Å². The van der Waals surface area contributed by atoms with E-state index < -0.39 is 45.1 Å². The van der Waals surface area contributed by atoms with E-state index in [4.69, 9.17) is 9.47 Å². The van der Waals surface area contributed by atoms with Gasteiger partial charge in [0, 0.05) is 18.2 Å². The number of carbonyl (C=O) groups excluding carboxylic acids is 1. The average molecular weight is 562 g/mol. The van der Waals surface area contributed by atoms with Crippen molar-refractivity contribution in [3.63, 3.8) is 0 Å². The minimum Gasteiger partial charge on any atom is -0.489 e. The molecule has 0 saturated carbocycles. The number of rotatable bonds is 7. The molecule has 1 heterocycles. The summed E-state index contributed by atoms with van der Waals surface area (Å²) in [5, 5.41) is 0. The van der Waals surface area contributed by atoms with Crippen molar-refractivity contribution in [2.45, 2.75) is 58.4 Å². The zero-order chi connectivity index (χ0) is 28.4. The minimum atomic E-state index is -3.64. The molecule has 0 radical (unpaired) electrons. The SMILES string of the molecule is CC(C)(C)OC(=O)C1CCCS(=O)(=O)N1Cc1cccc(COc2ccc(-c3cc(F)c(F)cc3F)cc2)c1. The number of esters is 1. The molecule has 3 aromatic rings. The van der Waals surface area contributed by atoms with Crippen molar-refractivity contribution in [2.75, 3.05) is 5.75 Å². The number of nitrogens with zero attached hydrogens (tertiary/aromatic N) is 1. The van der Waals surface area contributed by atoms with Crippen molar-refractivity contribution in [1.29, 1.82) is 0 Å². The molecule has 0 spiro atoms. The van der Waals surface area contributed by atoms with E-state index in [0.29, 0.717) is 35.8 Å². The first-order valence-electron chi connectivity index (χ1n) is 12.5. The predicted molar refractivity (Wildman–Crippen MR) is 141 cm³/mol. The fraction of sp³-hybridized carbons (Fsp3) is 0.345. The van der Waals surface area contributed by atoms with Gasteiger partial charge >= 0.3 is 5.97 Å². The Hall–Kier alpha value is -3.37. The minimum absolute atomic E-state index is 0.0224. The molecule has 0 amide bonds. The second-order valence-corrected chi connectivity index (χ2v) is 12.5. The first-order valence-corrected chi connectivity index (χ1v) is 14.1. The molecule has 208 valence electrons. The lowest BCUT2D eigenvalue weighted by molar-refractivity contribution is -0.160. The fourth-order valence-electron chi connectivity index (χ4n) is 4.37. The second-order valence-electron chi connectivity index (χ2n) is 10.4. The van der Waals surface area contributed by atoms with Crippen LogP contribution in [0, 0.1) is 17.5 Å². The topological polar surface area (TPSA) is 72.9 Å². The summed E-state index contributed by atoms with van der Waals surface area (Å²) in [5.41, 5.74) is 1.03. The Morgan fingerprint density at radius 2 is 1.62 bits per heavy atom. The van der Waals surface area contributed by atoms with Crippen molar-refractivity contribution >= 4 is 16.0 Å². The number of sulfonamides is 1.